The van der Waals surface area contributed by atoms with Crippen molar-refractivity contribution in [3.63, 3.8) is 0 Å². The van der Waals surface area contributed by atoms with E-state index in [2.05, 4.69) is 5.32 Å². The van der Waals surface area contributed by atoms with E-state index in [9.17, 15) is 4.79 Å². The minimum Gasteiger partial charge on any atom is -0.448 e. The van der Waals surface area contributed by atoms with Crippen molar-refractivity contribution < 1.29 is 8.83 Å². The fourth-order valence-electron chi connectivity index (χ4n) is 2.32. The predicted molar refractivity (Wildman–Crippen MR) is 90.1 cm³/mol. The summed E-state index contributed by atoms with van der Waals surface area (Å²) in [7, 11) is 3.93. The number of likely N-dealkylation sites (N-methyl/N-ethyl adjacent to an activating group) is 1. The van der Waals surface area contributed by atoms with Crippen molar-refractivity contribution >= 4 is 28.4 Å². The first kappa shape index (κ1) is 15.7. The van der Waals surface area contributed by atoms with Crippen LogP contribution in [0.5, 0.6) is 0 Å². The van der Waals surface area contributed by atoms with Crippen LogP contribution in [0, 0.1) is 0 Å². The maximum Gasteiger partial charge on any atom is 0.419 e. The number of benzene rings is 1. The molecule has 0 aliphatic rings. The van der Waals surface area contributed by atoms with Gasteiger partial charge in [-0.1, -0.05) is 0 Å². The van der Waals surface area contributed by atoms with Crippen molar-refractivity contribution in [2.24, 2.45) is 0 Å². The van der Waals surface area contributed by atoms with Gasteiger partial charge >= 0.3 is 5.76 Å². The van der Waals surface area contributed by atoms with E-state index < -0.39 is 0 Å². The molecule has 0 atom stereocenters. The lowest BCUT2D eigenvalue weighted by Crippen LogP contribution is -2.23. The Morgan fingerprint density at radius 1 is 1.22 bits per heavy atom. The molecule has 3 rings (SSSR count). The van der Waals surface area contributed by atoms with Crippen molar-refractivity contribution in [2.75, 3.05) is 26.0 Å². The molecule has 0 saturated carbocycles. The van der Waals surface area contributed by atoms with E-state index >= 15 is 0 Å². The number of anilines is 1. The normalized spacial score (nSPS) is 11.5. The molecule has 0 aliphatic heterocycles. The van der Waals surface area contributed by atoms with Crippen LogP contribution in [0.15, 0.2) is 44.0 Å². The SMILES string of the molecule is CN(C)CCn1c(=O)oc2ccc(NCc3ccc(Cl)o3)cc21. The summed E-state index contributed by atoms with van der Waals surface area (Å²) in [5, 5.41) is 3.61. The largest absolute Gasteiger partial charge is 0.448 e. The molecule has 122 valence electrons. The first-order valence-corrected chi connectivity index (χ1v) is 7.67. The molecule has 1 N–H and O–H groups in total. The van der Waals surface area contributed by atoms with Crippen molar-refractivity contribution in [1.82, 2.24) is 9.47 Å². The maximum absolute atomic E-state index is 12.0. The minimum atomic E-state index is -0.336. The average Bonchev–Trinajstić information content (AvgIpc) is 3.05. The first-order valence-electron chi connectivity index (χ1n) is 7.29. The van der Waals surface area contributed by atoms with Crippen LogP contribution in [0.1, 0.15) is 5.76 Å². The van der Waals surface area contributed by atoms with E-state index in [-0.39, 0.29) is 5.76 Å². The number of furan rings is 1. The van der Waals surface area contributed by atoms with Gasteiger partial charge in [0.15, 0.2) is 10.8 Å². The summed E-state index contributed by atoms with van der Waals surface area (Å²) >= 11 is 5.76. The molecular formula is C16H18ClN3O3. The highest BCUT2D eigenvalue weighted by Crippen LogP contribution is 2.20. The van der Waals surface area contributed by atoms with Crippen LogP contribution in [0.4, 0.5) is 5.69 Å². The first-order chi connectivity index (χ1) is 11.0. The molecule has 0 amide bonds. The zero-order valence-corrected chi connectivity index (χ0v) is 13.8. The molecule has 0 aliphatic carbocycles. The van der Waals surface area contributed by atoms with Gasteiger partial charge in [-0.15, -0.1) is 0 Å². The molecule has 0 spiro atoms. The van der Waals surface area contributed by atoms with E-state index in [0.29, 0.717) is 23.9 Å². The van der Waals surface area contributed by atoms with E-state index in [1.54, 1.807) is 16.7 Å². The van der Waals surface area contributed by atoms with E-state index in [4.69, 9.17) is 20.4 Å². The standard InChI is InChI=1S/C16H18ClN3O3/c1-19(2)7-8-20-13-9-11(3-5-14(13)23-16(20)21)18-10-12-4-6-15(17)22-12/h3-6,9,18H,7-8,10H2,1-2H3. The van der Waals surface area contributed by atoms with Crippen molar-refractivity contribution in [2.45, 2.75) is 13.1 Å². The van der Waals surface area contributed by atoms with Crippen LogP contribution in [0.3, 0.4) is 0 Å². The van der Waals surface area contributed by atoms with Crippen molar-refractivity contribution in [3.8, 4) is 0 Å². The molecule has 23 heavy (non-hydrogen) atoms. The van der Waals surface area contributed by atoms with Crippen LogP contribution in [-0.2, 0) is 13.1 Å². The van der Waals surface area contributed by atoms with Crippen LogP contribution in [0.25, 0.3) is 11.1 Å². The Hall–Kier alpha value is -2.18. The summed E-state index contributed by atoms with van der Waals surface area (Å²) < 4.78 is 12.2. The summed E-state index contributed by atoms with van der Waals surface area (Å²) in [4.78, 5) is 14.0. The Morgan fingerprint density at radius 2 is 2.04 bits per heavy atom. The molecule has 2 heterocycles. The lowest BCUT2D eigenvalue weighted by Gasteiger charge is -2.10. The Balaban J connectivity index is 1.82. The summed E-state index contributed by atoms with van der Waals surface area (Å²) in [6.45, 7) is 1.85. The molecule has 1 aromatic carbocycles. The Morgan fingerprint density at radius 3 is 2.74 bits per heavy atom. The zero-order valence-electron chi connectivity index (χ0n) is 13.0. The fraction of sp³-hybridized carbons (Fsp3) is 0.312. The molecule has 6 nitrogen and oxygen atoms in total. The lowest BCUT2D eigenvalue weighted by molar-refractivity contribution is 0.374. The molecule has 3 aromatic rings. The van der Waals surface area contributed by atoms with Gasteiger partial charge in [-0.3, -0.25) is 4.57 Å². The summed E-state index contributed by atoms with van der Waals surface area (Å²) in [6, 6.07) is 9.09. The number of hydrogen-bond donors (Lipinski definition) is 1. The Bertz CT molecular complexity index is 863. The minimum absolute atomic E-state index is 0.336. The number of aromatic nitrogens is 1. The molecule has 0 saturated heterocycles. The molecule has 0 fully saturated rings. The highest BCUT2D eigenvalue weighted by Gasteiger charge is 2.10. The molecule has 0 radical (unpaired) electrons. The lowest BCUT2D eigenvalue weighted by atomic mass is 10.2. The summed E-state index contributed by atoms with van der Waals surface area (Å²) in [6.07, 6.45) is 0. The second-order valence-corrected chi connectivity index (χ2v) is 5.94. The monoisotopic (exact) mass is 335 g/mol. The number of nitrogens with one attached hydrogen (secondary N) is 1. The highest BCUT2D eigenvalue weighted by atomic mass is 35.5. The van der Waals surface area contributed by atoms with Gasteiger partial charge in [-0.25, -0.2) is 4.79 Å². The van der Waals surface area contributed by atoms with Crippen LogP contribution in [0.2, 0.25) is 5.22 Å². The number of nitrogens with zero attached hydrogens (tertiary/aromatic N) is 2. The summed E-state index contributed by atoms with van der Waals surface area (Å²) in [5.74, 6) is 0.407. The van der Waals surface area contributed by atoms with Gasteiger partial charge in [-0.2, -0.15) is 0 Å². The van der Waals surface area contributed by atoms with Gasteiger partial charge < -0.3 is 19.1 Å². The Labute approximate surface area is 138 Å². The van der Waals surface area contributed by atoms with Crippen LogP contribution < -0.4 is 11.1 Å². The van der Waals surface area contributed by atoms with Gasteiger partial charge in [0.2, 0.25) is 0 Å². The molecule has 7 heteroatoms. The number of halogens is 1. The maximum atomic E-state index is 12.0. The summed E-state index contributed by atoms with van der Waals surface area (Å²) in [5.41, 5.74) is 2.24. The number of oxazole rings is 1. The molecule has 0 bridgehead atoms. The average molecular weight is 336 g/mol. The van der Waals surface area contributed by atoms with E-state index in [0.717, 1.165) is 23.5 Å². The topological polar surface area (TPSA) is 63.6 Å². The van der Waals surface area contributed by atoms with Crippen LogP contribution in [-0.4, -0.2) is 30.1 Å². The zero-order chi connectivity index (χ0) is 16.4. The smallest absolute Gasteiger partial charge is 0.419 e. The third-order valence-electron chi connectivity index (χ3n) is 3.53. The van der Waals surface area contributed by atoms with Gasteiger partial charge in [-0.05, 0) is 56.0 Å². The third-order valence-corrected chi connectivity index (χ3v) is 3.74. The van der Waals surface area contributed by atoms with Gasteiger partial charge in [0.25, 0.3) is 0 Å². The molecule has 2 aromatic heterocycles. The molecule has 0 unspecified atom stereocenters. The second kappa shape index (κ2) is 6.52. The van der Waals surface area contributed by atoms with Crippen molar-refractivity contribution in [3.05, 3.63) is 51.9 Å². The number of rotatable bonds is 6. The second-order valence-electron chi connectivity index (χ2n) is 5.56. The van der Waals surface area contributed by atoms with Gasteiger partial charge in [0.1, 0.15) is 5.76 Å². The Kier molecular flexibility index (Phi) is 4.45. The molecular weight excluding hydrogens is 318 g/mol. The van der Waals surface area contributed by atoms with E-state index in [1.807, 2.05) is 37.2 Å². The quantitative estimate of drug-likeness (QED) is 0.750. The highest BCUT2D eigenvalue weighted by molar-refractivity contribution is 6.28. The van der Waals surface area contributed by atoms with Crippen molar-refractivity contribution in [1.29, 1.82) is 0 Å². The van der Waals surface area contributed by atoms with Gasteiger partial charge in [0.05, 0.1) is 12.1 Å². The van der Waals surface area contributed by atoms with Gasteiger partial charge in [0, 0.05) is 18.8 Å². The fourth-order valence-corrected chi connectivity index (χ4v) is 2.48. The third kappa shape index (κ3) is 3.60. The predicted octanol–water partition coefficient (Wildman–Crippen LogP) is 3.01. The number of hydrogen-bond acceptors (Lipinski definition) is 5. The van der Waals surface area contributed by atoms with E-state index in [1.165, 1.54) is 0 Å². The number of fused-ring (bicyclic) bond motifs is 1. The van der Waals surface area contributed by atoms with Crippen LogP contribution >= 0.6 is 11.6 Å².